The zero-order chi connectivity index (χ0) is 14.0. The number of phenolic OH excluding ortho intramolecular Hbond substituents is 1. The minimum atomic E-state index is -1.04. The Bertz CT molecular complexity index is 653. The zero-order valence-electron chi connectivity index (χ0n) is 9.38. The van der Waals surface area contributed by atoms with Gasteiger partial charge in [0.25, 0.3) is 5.91 Å². The fraction of sp³-hybridized carbons (Fsp3) is 0. The molecule has 7 heteroatoms. The highest BCUT2D eigenvalue weighted by Gasteiger charge is 2.12. The predicted molar refractivity (Wildman–Crippen MR) is 75.0 cm³/mol. The number of carboxylic acid groups (broad SMARTS) is 1. The molecule has 0 aliphatic carbocycles. The third kappa shape index (κ3) is 3.12. The van der Waals surface area contributed by atoms with Gasteiger partial charge in [-0.15, -0.1) is 11.3 Å². The Kier molecular flexibility index (Phi) is 3.87. The molecule has 0 aliphatic heterocycles. The van der Waals surface area contributed by atoms with E-state index in [0.717, 1.165) is 11.3 Å². The molecule has 1 aromatic carbocycles. The van der Waals surface area contributed by atoms with Crippen molar-refractivity contribution in [3.05, 3.63) is 45.2 Å². The van der Waals surface area contributed by atoms with Crippen molar-refractivity contribution in [2.45, 2.75) is 0 Å². The van der Waals surface area contributed by atoms with Crippen molar-refractivity contribution in [2.75, 3.05) is 5.32 Å². The number of anilines is 1. The van der Waals surface area contributed by atoms with E-state index in [1.165, 1.54) is 18.2 Å². The number of phenols is 1. The second kappa shape index (κ2) is 5.41. The number of benzene rings is 1. The van der Waals surface area contributed by atoms with E-state index >= 15 is 0 Å². The molecule has 2 aromatic rings. The number of carbonyl (C=O) groups is 2. The van der Waals surface area contributed by atoms with E-state index in [2.05, 4.69) is 21.2 Å². The van der Waals surface area contributed by atoms with Crippen molar-refractivity contribution >= 4 is 44.1 Å². The monoisotopic (exact) mass is 341 g/mol. The standard InChI is InChI=1S/C12H8BrNO4S/c13-7-2-1-6(5-8(7)15)11(16)14-10-4-3-9(19-10)12(17)18/h1-5,15H,(H,14,16)(H,17,18). The molecule has 1 aromatic heterocycles. The average molecular weight is 342 g/mol. The van der Waals surface area contributed by atoms with Gasteiger partial charge in [0.1, 0.15) is 10.6 Å². The molecular formula is C12H8BrNO4S. The molecule has 0 aliphatic rings. The number of hydrogen-bond acceptors (Lipinski definition) is 4. The van der Waals surface area contributed by atoms with Crippen molar-refractivity contribution in [3.8, 4) is 5.75 Å². The number of nitrogens with one attached hydrogen (secondary N) is 1. The first-order valence-corrected chi connectivity index (χ1v) is 6.71. The summed E-state index contributed by atoms with van der Waals surface area (Å²) in [7, 11) is 0. The van der Waals surface area contributed by atoms with Gasteiger partial charge in [-0.05, 0) is 46.3 Å². The van der Waals surface area contributed by atoms with Crippen LogP contribution in [0.25, 0.3) is 0 Å². The summed E-state index contributed by atoms with van der Waals surface area (Å²) < 4.78 is 0.494. The molecule has 0 bridgehead atoms. The van der Waals surface area contributed by atoms with Crippen LogP contribution >= 0.6 is 27.3 Å². The van der Waals surface area contributed by atoms with Crippen LogP contribution in [0, 0.1) is 0 Å². The lowest BCUT2D eigenvalue weighted by Crippen LogP contribution is -2.10. The molecule has 2 rings (SSSR count). The second-order valence-corrected chi connectivity index (χ2v) is 5.53. The normalized spacial score (nSPS) is 10.2. The fourth-order valence-corrected chi connectivity index (χ4v) is 2.34. The Morgan fingerprint density at radius 3 is 2.53 bits per heavy atom. The SMILES string of the molecule is O=C(Nc1ccc(C(=O)O)s1)c1ccc(Br)c(O)c1. The Morgan fingerprint density at radius 2 is 1.95 bits per heavy atom. The lowest BCUT2D eigenvalue weighted by molar-refractivity contribution is 0.0702. The van der Waals surface area contributed by atoms with Gasteiger partial charge in [0.05, 0.1) is 9.47 Å². The number of aromatic hydroxyl groups is 1. The van der Waals surface area contributed by atoms with Crippen LogP contribution in [0.5, 0.6) is 5.75 Å². The summed E-state index contributed by atoms with van der Waals surface area (Å²) in [6.07, 6.45) is 0. The average Bonchev–Trinajstić information content (AvgIpc) is 2.81. The molecule has 1 amide bonds. The van der Waals surface area contributed by atoms with Gasteiger partial charge in [0.2, 0.25) is 0 Å². The number of aromatic carboxylic acids is 1. The van der Waals surface area contributed by atoms with Crippen LogP contribution in [-0.2, 0) is 0 Å². The molecule has 0 radical (unpaired) electrons. The molecule has 0 spiro atoms. The molecular weight excluding hydrogens is 334 g/mol. The highest BCUT2D eigenvalue weighted by atomic mass is 79.9. The molecule has 0 saturated carbocycles. The van der Waals surface area contributed by atoms with Gasteiger partial charge < -0.3 is 15.5 Å². The minimum absolute atomic E-state index is 0.0370. The van der Waals surface area contributed by atoms with Crippen LogP contribution in [0.15, 0.2) is 34.8 Å². The van der Waals surface area contributed by atoms with E-state index in [9.17, 15) is 14.7 Å². The largest absolute Gasteiger partial charge is 0.507 e. The van der Waals surface area contributed by atoms with Crippen molar-refractivity contribution in [3.63, 3.8) is 0 Å². The van der Waals surface area contributed by atoms with Crippen LogP contribution in [0.1, 0.15) is 20.0 Å². The van der Waals surface area contributed by atoms with Gasteiger partial charge in [-0.25, -0.2) is 4.79 Å². The molecule has 0 fully saturated rings. The van der Waals surface area contributed by atoms with E-state index in [1.807, 2.05) is 0 Å². The Morgan fingerprint density at radius 1 is 1.21 bits per heavy atom. The van der Waals surface area contributed by atoms with Crippen LogP contribution < -0.4 is 5.32 Å². The summed E-state index contributed by atoms with van der Waals surface area (Å²) in [6, 6.07) is 7.36. The topological polar surface area (TPSA) is 86.6 Å². The Labute approximate surface area is 120 Å². The fourth-order valence-electron chi connectivity index (χ4n) is 1.36. The van der Waals surface area contributed by atoms with Crippen molar-refractivity contribution in [1.29, 1.82) is 0 Å². The molecule has 98 valence electrons. The predicted octanol–water partition coefficient (Wildman–Crippen LogP) is 3.17. The first kappa shape index (κ1) is 13.6. The highest BCUT2D eigenvalue weighted by molar-refractivity contribution is 9.10. The summed E-state index contributed by atoms with van der Waals surface area (Å²) in [4.78, 5) is 22.7. The molecule has 0 saturated heterocycles. The maximum Gasteiger partial charge on any atom is 0.345 e. The van der Waals surface area contributed by atoms with Crippen LogP contribution in [0.2, 0.25) is 0 Å². The van der Waals surface area contributed by atoms with Crippen molar-refractivity contribution in [1.82, 2.24) is 0 Å². The van der Waals surface area contributed by atoms with Crippen LogP contribution in [0.3, 0.4) is 0 Å². The Hall–Kier alpha value is -1.86. The van der Waals surface area contributed by atoms with E-state index in [4.69, 9.17) is 5.11 Å². The van der Waals surface area contributed by atoms with E-state index in [-0.39, 0.29) is 16.2 Å². The molecule has 19 heavy (non-hydrogen) atoms. The lowest BCUT2D eigenvalue weighted by Gasteiger charge is -2.04. The van der Waals surface area contributed by atoms with Gasteiger partial charge in [-0.1, -0.05) is 0 Å². The van der Waals surface area contributed by atoms with Gasteiger partial charge in [-0.3, -0.25) is 4.79 Å². The molecule has 0 atom stereocenters. The molecule has 0 unspecified atom stereocenters. The number of halogens is 1. The quantitative estimate of drug-likeness (QED) is 0.800. The van der Waals surface area contributed by atoms with Gasteiger partial charge in [0, 0.05) is 5.56 Å². The third-order valence-corrected chi connectivity index (χ3v) is 3.92. The summed E-state index contributed by atoms with van der Waals surface area (Å²) in [5, 5.41) is 21.3. The molecule has 1 heterocycles. The van der Waals surface area contributed by atoms with Gasteiger partial charge in [0.15, 0.2) is 0 Å². The van der Waals surface area contributed by atoms with E-state index in [0.29, 0.717) is 9.47 Å². The highest BCUT2D eigenvalue weighted by Crippen LogP contribution is 2.26. The first-order chi connectivity index (χ1) is 8.97. The smallest absolute Gasteiger partial charge is 0.345 e. The summed E-state index contributed by atoms with van der Waals surface area (Å²) in [5.41, 5.74) is 0.283. The van der Waals surface area contributed by atoms with E-state index < -0.39 is 11.9 Å². The zero-order valence-corrected chi connectivity index (χ0v) is 11.8. The Balaban J connectivity index is 2.15. The molecule has 5 nitrogen and oxygen atoms in total. The number of rotatable bonds is 3. The first-order valence-electron chi connectivity index (χ1n) is 5.10. The number of carbonyl (C=O) groups excluding carboxylic acids is 1. The maximum atomic E-state index is 11.9. The molecule has 3 N–H and O–H groups in total. The number of carboxylic acids is 1. The third-order valence-electron chi connectivity index (χ3n) is 2.26. The lowest BCUT2D eigenvalue weighted by atomic mass is 10.2. The number of amides is 1. The minimum Gasteiger partial charge on any atom is -0.507 e. The van der Waals surface area contributed by atoms with E-state index in [1.54, 1.807) is 12.1 Å². The second-order valence-electron chi connectivity index (χ2n) is 3.59. The summed E-state index contributed by atoms with van der Waals surface area (Å²) in [5.74, 6) is -1.49. The van der Waals surface area contributed by atoms with Crippen molar-refractivity contribution in [2.24, 2.45) is 0 Å². The van der Waals surface area contributed by atoms with Gasteiger partial charge in [-0.2, -0.15) is 0 Å². The van der Waals surface area contributed by atoms with Crippen LogP contribution in [0.4, 0.5) is 5.00 Å². The summed E-state index contributed by atoms with van der Waals surface area (Å²) >= 11 is 4.09. The van der Waals surface area contributed by atoms with Gasteiger partial charge >= 0.3 is 5.97 Å². The van der Waals surface area contributed by atoms with Crippen LogP contribution in [-0.4, -0.2) is 22.1 Å². The number of thiophene rings is 1. The number of hydrogen-bond donors (Lipinski definition) is 3. The maximum absolute atomic E-state index is 11.9. The van der Waals surface area contributed by atoms with Crippen molar-refractivity contribution < 1.29 is 19.8 Å². The summed E-state index contributed by atoms with van der Waals surface area (Å²) in [6.45, 7) is 0.